The average molecular weight is 126 g/mol. The highest BCUT2D eigenvalue weighted by Crippen LogP contribution is 1.93. The number of ether oxygens (including phenoxy) is 1. The molecule has 9 heavy (non-hydrogen) atoms. The molecule has 1 aliphatic rings. The second kappa shape index (κ2) is 2.76. The zero-order valence-electron chi connectivity index (χ0n) is 4.65. The van der Waals surface area contributed by atoms with Crippen LogP contribution >= 0.6 is 0 Å². The molecule has 0 aromatic carbocycles. The van der Waals surface area contributed by atoms with Gasteiger partial charge < -0.3 is 4.74 Å². The van der Waals surface area contributed by atoms with Crippen LogP contribution in [0.4, 0.5) is 0 Å². The van der Waals surface area contributed by atoms with E-state index in [2.05, 4.69) is 10.2 Å². The molecule has 1 amide bonds. The first kappa shape index (κ1) is 5.68. The van der Waals surface area contributed by atoms with Crippen LogP contribution in [0.25, 0.3) is 0 Å². The third-order valence-electron chi connectivity index (χ3n) is 0.802. The molecular formula is C5H6N2O2. The zero-order chi connectivity index (χ0) is 6.53. The minimum absolute atomic E-state index is 0.583. The van der Waals surface area contributed by atoms with Gasteiger partial charge in [0.2, 0.25) is 6.41 Å². The summed E-state index contributed by atoms with van der Waals surface area (Å²) < 4.78 is 4.69. The summed E-state index contributed by atoms with van der Waals surface area (Å²) in [6, 6.07) is 0. The van der Waals surface area contributed by atoms with E-state index in [0.29, 0.717) is 6.41 Å². The van der Waals surface area contributed by atoms with Gasteiger partial charge in [0.15, 0.2) is 0 Å². The molecule has 1 heterocycles. The maximum Gasteiger partial charge on any atom is 0.225 e. The maximum absolute atomic E-state index is 9.81. The highest BCUT2D eigenvalue weighted by Gasteiger charge is 1.92. The van der Waals surface area contributed by atoms with Crippen LogP contribution in [0.1, 0.15) is 0 Å². The summed E-state index contributed by atoms with van der Waals surface area (Å²) in [5, 5.41) is 1.47. The van der Waals surface area contributed by atoms with E-state index >= 15 is 0 Å². The Balaban J connectivity index is 2.39. The summed E-state index contributed by atoms with van der Waals surface area (Å²) in [6.07, 6.45) is 6.65. The Labute approximate surface area is 52.4 Å². The molecule has 1 rings (SSSR count). The summed E-state index contributed by atoms with van der Waals surface area (Å²) in [4.78, 5) is 9.81. The van der Waals surface area contributed by atoms with Gasteiger partial charge in [0.05, 0.1) is 12.4 Å². The number of nitrogens with zero attached hydrogens (tertiary/aromatic N) is 1. The molecule has 48 valence electrons. The second-order valence-electron chi connectivity index (χ2n) is 1.36. The van der Waals surface area contributed by atoms with Gasteiger partial charge in [-0.25, -0.2) is 0 Å². The molecule has 0 saturated heterocycles. The van der Waals surface area contributed by atoms with Crippen LogP contribution in [0, 0.1) is 0 Å². The highest BCUT2D eigenvalue weighted by molar-refractivity contribution is 5.45. The zero-order valence-corrected chi connectivity index (χ0v) is 4.65. The second-order valence-corrected chi connectivity index (χ2v) is 1.36. The minimum atomic E-state index is 0.583. The fraction of sp³-hybridized carbons (Fsp3) is 0. The largest absolute Gasteiger partial charge is 0.469 e. The molecule has 0 aromatic rings. The van der Waals surface area contributed by atoms with Crippen molar-refractivity contribution >= 4 is 6.41 Å². The number of hydrazine groups is 1. The Morgan fingerprint density at radius 1 is 1.44 bits per heavy atom. The van der Waals surface area contributed by atoms with Crippen LogP contribution in [0.2, 0.25) is 0 Å². The normalized spacial score (nSPS) is 14.9. The summed E-state index contributed by atoms with van der Waals surface area (Å²) in [5.74, 6) is 0. The van der Waals surface area contributed by atoms with E-state index < -0.39 is 0 Å². The molecule has 1 aliphatic heterocycles. The van der Waals surface area contributed by atoms with Crippen molar-refractivity contribution in [2.45, 2.75) is 0 Å². The van der Waals surface area contributed by atoms with Gasteiger partial charge in [0.1, 0.15) is 12.5 Å². The lowest BCUT2D eigenvalue weighted by molar-refractivity contribution is -0.112. The summed E-state index contributed by atoms with van der Waals surface area (Å²) in [7, 11) is 0. The lowest BCUT2D eigenvalue weighted by atomic mass is 10.7. The van der Waals surface area contributed by atoms with Crippen molar-refractivity contribution in [3.63, 3.8) is 0 Å². The van der Waals surface area contributed by atoms with Crippen LogP contribution < -0.4 is 5.43 Å². The fourth-order valence-electron chi connectivity index (χ4n) is 0.443. The van der Waals surface area contributed by atoms with E-state index in [-0.39, 0.29) is 0 Å². The van der Waals surface area contributed by atoms with Gasteiger partial charge in [0, 0.05) is 0 Å². The number of hydrogen-bond acceptors (Lipinski definition) is 3. The molecule has 0 radical (unpaired) electrons. The smallest absolute Gasteiger partial charge is 0.225 e. The molecule has 0 unspecified atom stereocenters. The number of amides is 1. The quantitative estimate of drug-likeness (QED) is 0.526. The Kier molecular flexibility index (Phi) is 1.74. The van der Waals surface area contributed by atoms with E-state index in [1.54, 1.807) is 12.4 Å². The van der Waals surface area contributed by atoms with Crippen molar-refractivity contribution in [1.82, 2.24) is 10.4 Å². The SMILES string of the molecule is O=CNN1C=COC=C1. The van der Waals surface area contributed by atoms with E-state index in [4.69, 9.17) is 0 Å². The van der Waals surface area contributed by atoms with Crippen LogP contribution in [-0.2, 0) is 9.53 Å². The molecular weight excluding hydrogens is 120 g/mol. The van der Waals surface area contributed by atoms with E-state index in [9.17, 15) is 4.79 Å². The Hall–Kier alpha value is -1.45. The number of rotatable bonds is 2. The number of carbonyl (C=O) groups excluding carboxylic acids is 1. The molecule has 0 aliphatic carbocycles. The van der Waals surface area contributed by atoms with Crippen molar-refractivity contribution < 1.29 is 9.53 Å². The van der Waals surface area contributed by atoms with Crippen LogP contribution in [0.3, 0.4) is 0 Å². The van der Waals surface area contributed by atoms with Crippen molar-refractivity contribution in [1.29, 1.82) is 0 Å². The first-order valence-corrected chi connectivity index (χ1v) is 2.40. The summed E-state index contributed by atoms with van der Waals surface area (Å²) in [5.41, 5.74) is 2.38. The molecule has 4 nitrogen and oxygen atoms in total. The summed E-state index contributed by atoms with van der Waals surface area (Å²) >= 11 is 0. The molecule has 0 spiro atoms. The van der Waals surface area contributed by atoms with E-state index in [1.807, 2.05) is 0 Å². The lowest BCUT2D eigenvalue weighted by Crippen LogP contribution is -2.27. The van der Waals surface area contributed by atoms with Gasteiger partial charge in [0.25, 0.3) is 0 Å². The van der Waals surface area contributed by atoms with Gasteiger partial charge >= 0.3 is 0 Å². The Morgan fingerprint density at radius 3 is 2.67 bits per heavy atom. The highest BCUT2D eigenvalue weighted by atomic mass is 16.5. The van der Waals surface area contributed by atoms with E-state index in [1.165, 1.54) is 17.5 Å². The lowest BCUT2D eigenvalue weighted by Gasteiger charge is -2.14. The standard InChI is InChI=1S/C5H6N2O2/c8-5-6-7-1-3-9-4-2-7/h1-5H,(H,6,8). The molecule has 0 saturated carbocycles. The molecule has 1 N–H and O–H groups in total. The Morgan fingerprint density at radius 2 is 2.11 bits per heavy atom. The van der Waals surface area contributed by atoms with Crippen LogP contribution in [0.5, 0.6) is 0 Å². The average Bonchev–Trinajstić information content (AvgIpc) is 1.91. The number of hydrogen-bond donors (Lipinski definition) is 1. The van der Waals surface area contributed by atoms with Crippen molar-refractivity contribution in [3.05, 3.63) is 24.9 Å². The number of carbonyl (C=O) groups is 1. The minimum Gasteiger partial charge on any atom is -0.469 e. The third-order valence-corrected chi connectivity index (χ3v) is 0.802. The van der Waals surface area contributed by atoms with Gasteiger partial charge in [-0.05, 0) is 0 Å². The topological polar surface area (TPSA) is 41.6 Å². The van der Waals surface area contributed by atoms with Gasteiger partial charge in [-0.15, -0.1) is 0 Å². The van der Waals surface area contributed by atoms with E-state index in [0.717, 1.165) is 0 Å². The van der Waals surface area contributed by atoms with Gasteiger partial charge in [-0.3, -0.25) is 15.2 Å². The predicted molar refractivity (Wildman–Crippen MR) is 30.4 cm³/mol. The van der Waals surface area contributed by atoms with Crippen molar-refractivity contribution in [3.8, 4) is 0 Å². The first-order chi connectivity index (χ1) is 4.43. The number of nitrogens with one attached hydrogen (secondary N) is 1. The first-order valence-electron chi connectivity index (χ1n) is 2.40. The van der Waals surface area contributed by atoms with Crippen molar-refractivity contribution in [2.75, 3.05) is 0 Å². The summed E-state index contributed by atoms with van der Waals surface area (Å²) in [6.45, 7) is 0. The molecule has 4 heteroatoms. The van der Waals surface area contributed by atoms with Crippen LogP contribution in [0.15, 0.2) is 24.9 Å². The molecule has 0 bridgehead atoms. The van der Waals surface area contributed by atoms with Crippen LogP contribution in [-0.4, -0.2) is 11.4 Å². The molecule has 0 atom stereocenters. The third kappa shape index (κ3) is 1.49. The molecule has 0 fully saturated rings. The van der Waals surface area contributed by atoms with Crippen molar-refractivity contribution in [2.24, 2.45) is 0 Å². The predicted octanol–water partition coefficient (Wildman–Crippen LogP) is -0.0780. The van der Waals surface area contributed by atoms with Gasteiger partial charge in [-0.1, -0.05) is 0 Å². The fourth-order valence-corrected chi connectivity index (χ4v) is 0.443. The molecule has 0 aromatic heterocycles. The maximum atomic E-state index is 9.81. The monoisotopic (exact) mass is 126 g/mol. The Bertz CT molecular complexity index is 141. The van der Waals surface area contributed by atoms with Gasteiger partial charge in [-0.2, -0.15) is 0 Å².